The maximum Gasteiger partial charge on any atom is 0.246 e. The van der Waals surface area contributed by atoms with Gasteiger partial charge < -0.3 is 10.6 Å². The van der Waals surface area contributed by atoms with Crippen molar-refractivity contribution in [1.29, 1.82) is 0 Å². The zero-order valence-corrected chi connectivity index (χ0v) is 12.1. The van der Waals surface area contributed by atoms with Crippen LogP contribution in [0.25, 0.3) is 0 Å². The Hall–Kier alpha value is -2.50. The zero-order valence-electron chi connectivity index (χ0n) is 12.1. The van der Waals surface area contributed by atoms with Gasteiger partial charge >= 0.3 is 0 Å². The zero-order chi connectivity index (χ0) is 16.3. The van der Waals surface area contributed by atoms with Crippen molar-refractivity contribution in [2.45, 2.75) is 19.9 Å². The third-order valence-electron chi connectivity index (χ3n) is 3.13. The largest absolute Gasteiger partial charge is 0.374 e. The monoisotopic (exact) mass is 308 g/mol. The van der Waals surface area contributed by atoms with Crippen LogP contribution in [0.3, 0.4) is 0 Å². The summed E-state index contributed by atoms with van der Waals surface area (Å²) in [6.07, 6.45) is 0. The van der Waals surface area contributed by atoms with E-state index in [0.29, 0.717) is 11.3 Å². The van der Waals surface area contributed by atoms with Gasteiger partial charge in [-0.3, -0.25) is 4.79 Å². The molecular formula is C16H15F3N2O. The average Bonchev–Trinajstić information content (AvgIpc) is 2.46. The molecule has 0 aliphatic rings. The van der Waals surface area contributed by atoms with Crippen LogP contribution in [0.15, 0.2) is 36.4 Å². The molecule has 1 amide bonds. The Kier molecular flexibility index (Phi) is 4.70. The van der Waals surface area contributed by atoms with E-state index in [9.17, 15) is 18.0 Å². The maximum atomic E-state index is 13.5. The number of benzene rings is 2. The van der Waals surface area contributed by atoms with Crippen molar-refractivity contribution < 1.29 is 18.0 Å². The van der Waals surface area contributed by atoms with Crippen LogP contribution in [-0.2, 0) is 4.79 Å². The molecule has 0 bridgehead atoms. The van der Waals surface area contributed by atoms with E-state index in [-0.39, 0.29) is 5.69 Å². The number of hydrogen-bond acceptors (Lipinski definition) is 2. The van der Waals surface area contributed by atoms with Crippen molar-refractivity contribution >= 4 is 17.3 Å². The Morgan fingerprint density at radius 2 is 1.77 bits per heavy atom. The molecule has 0 radical (unpaired) electrons. The second kappa shape index (κ2) is 6.51. The Morgan fingerprint density at radius 1 is 1.05 bits per heavy atom. The van der Waals surface area contributed by atoms with Gasteiger partial charge in [-0.15, -0.1) is 0 Å². The number of hydrogen-bond donors (Lipinski definition) is 2. The highest BCUT2D eigenvalue weighted by molar-refractivity contribution is 5.96. The van der Waals surface area contributed by atoms with E-state index in [0.717, 1.165) is 18.2 Å². The van der Waals surface area contributed by atoms with Crippen molar-refractivity contribution in [3.05, 3.63) is 59.4 Å². The number of halogens is 3. The number of amides is 1. The van der Waals surface area contributed by atoms with Crippen LogP contribution in [0.1, 0.15) is 12.5 Å². The molecule has 3 nitrogen and oxygen atoms in total. The molecule has 6 heteroatoms. The summed E-state index contributed by atoms with van der Waals surface area (Å²) in [6, 6.07) is 6.50. The van der Waals surface area contributed by atoms with Gasteiger partial charge in [0.05, 0.1) is 5.69 Å². The third-order valence-corrected chi connectivity index (χ3v) is 3.13. The molecule has 116 valence electrons. The van der Waals surface area contributed by atoms with Gasteiger partial charge in [0.25, 0.3) is 0 Å². The van der Waals surface area contributed by atoms with Gasteiger partial charge in [0, 0.05) is 11.8 Å². The number of aryl methyl sites for hydroxylation is 1. The van der Waals surface area contributed by atoms with Crippen LogP contribution in [0.5, 0.6) is 0 Å². The summed E-state index contributed by atoms with van der Waals surface area (Å²) < 4.78 is 40.0. The van der Waals surface area contributed by atoms with Gasteiger partial charge in [0.1, 0.15) is 23.5 Å². The molecule has 0 fully saturated rings. The molecule has 0 aliphatic heterocycles. The minimum Gasteiger partial charge on any atom is -0.374 e. The summed E-state index contributed by atoms with van der Waals surface area (Å²) in [7, 11) is 0. The minimum absolute atomic E-state index is 0.242. The van der Waals surface area contributed by atoms with Gasteiger partial charge in [-0.2, -0.15) is 0 Å². The Balaban J connectivity index is 2.05. The lowest BCUT2D eigenvalue weighted by atomic mass is 10.2. The molecule has 2 rings (SSSR count). The minimum atomic E-state index is -0.759. The van der Waals surface area contributed by atoms with E-state index in [1.54, 1.807) is 19.1 Å². The Labute approximate surface area is 126 Å². The Morgan fingerprint density at radius 3 is 2.45 bits per heavy atom. The smallest absolute Gasteiger partial charge is 0.246 e. The van der Waals surface area contributed by atoms with Crippen LogP contribution in [-0.4, -0.2) is 11.9 Å². The molecule has 0 spiro atoms. The van der Waals surface area contributed by atoms with Gasteiger partial charge in [0.2, 0.25) is 5.91 Å². The second-order valence-corrected chi connectivity index (χ2v) is 4.94. The van der Waals surface area contributed by atoms with Gasteiger partial charge in [0.15, 0.2) is 0 Å². The molecule has 0 heterocycles. The summed E-state index contributed by atoms with van der Waals surface area (Å²) in [5.41, 5.74) is 0.670. The molecule has 0 unspecified atom stereocenters. The number of anilines is 2. The molecule has 2 aromatic rings. The van der Waals surface area contributed by atoms with E-state index in [4.69, 9.17) is 0 Å². The van der Waals surface area contributed by atoms with Crippen LogP contribution in [0, 0.1) is 24.4 Å². The molecule has 0 saturated carbocycles. The summed E-state index contributed by atoms with van der Waals surface area (Å²) >= 11 is 0. The molecule has 0 aliphatic carbocycles. The van der Waals surface area contributed by atoms with Gasteiger partial charge in [-0.25, -0.2) is 13.2 Å². The predicted molar refractivity (Wildman–Crippen MR) is 79.2 cm³/mol. The second-order valence-electron chi connectivity index (χ2n) is 4.94. The first kappa shape index (κ1) is 15.9. The topological polar surface area (TPSA) is 41.1 Å². The highest BCUT2D eigenvalue weighted by Gasteiger charge is 2.15. The van der Waals surface area contributed by atoms with Crippen LogP contribution in [0.2, 0.25) is 0 Å². The summed E-state index contributed by atoms with van der Waals surface area (Å²) in [4.78, 5) is 12.0. The molecule has 2 aromatic carbocycles. The normalized spacial score (nSPS) is 11.9. The predicted octanol–water partition coefficient (Wildman–Crippen LogP) is 3.85. The van der Waals surface area contributed by atoms with Crippen LogP contribution < -0.4 is 10.6 Å². The molecule has 0 saturated heterocycles. The Bertz CT molecular complexity index is 704. The molecule has 0 aromatic heterocycles. The van der Waals surface area contributed by atoms with E-state index in [1.807, 2.05) is 0 Å². The van der Waals surface area contributed by atoms with Crippen LogP contribution >= 0.6 is 0 Å². The lowest BCUT2D eigenvalue weighted by molar-refractivity contribution is -0.116. The fraction of sp³-hybridized carbons (Fsp3) is 0.188. The summed E-state index contributed by atoms with van der Waals surface area (Å²) in [5, 5.41) is 5.08. The van der Waals surface area contributed by atoms with Crippen molar-refractivity contribution in [1.82, 2.24) is 0 Å². The average molecular weight is 308 g/mol. The third kappa shape index (κ3) is 3.78. The first-order valence-corrected chi connectivity index (χ1v) is 6.65. The molecule has 1 atom stereocenters. The van der Waals surface area contributed by atoms with E-state index >= 15 is 0 Å². The SMILES string of the molecule is Cc1ccc(N[C@H](C)C(=O)Nc2cc(F)ccc2F)cc1F. The highest BCUT2D eigenvalue weighted by atomic mass is 19.1. The number of carbonyl (C=O) groups is 1. The molecule has 22 heavy (non-hydrogen) atoms. The first-order chi connectivity index (χ1) is 10.4. The fourth-order valence-corrected chi connectivity index (χ4v) is 1.83. The van der Waals surface area contributed by atoms with Gasteiger partial charge in [-0.05, 0) is 43.7 Å². The molecule has 2 N–H and O–H groups in total. The van der Waals surface area contributed by atoms with E-state index in [2.05, 4.69) is 10.6 Å². The lowest BCUT2D eigenvalue weighted by Gasteiger charge is -2.16. The lowest BCUT2D eigenvalue weighted by Crippen LogP contribution is -2.32. The fourth-order valence-electron chi connectivity index (χ4n) is 1.83. The standard InChI is InChI=1S/C16H15F3N2O/c1-9-3-5-12(8-14(9)19)20-10(2)16(22)21-15-7-11(17)4-6-13(15)18/h3-8,10,20H,1-2H3,(H,21,22)/t10-/m1/s1. The van der Waals surface area contributed by atoms with Crippen molar-refractivity contribution in [3.63, 3.8) is 0 Å². The van der Waals surface area contributed by atoms with Crippen molar-refractivity contribution in [2.75, 3.05) is 10.6 Å². The van der Waals surface area contributed by atoms with Crippen LogP contribution in [0.4, 0.5) is 24.5 Å². The summed E-state index contributed by atoms with van der Waals surface area (Å²) in [6.45, 7) is 3.16. The van der Waals surface area contributed by atoms with Crippen molar-refractivity contribution in [3.8, 4) is 0 Å². The van der Waals surface area contributed by atoms with E-state index in [1.165, 1.54) is 13.0 Å². The number of rotatable bonds is 4. The number of carbonyl (C=O) groups excluding carboxylic acids is 1. The summed E-state index contributed by atoms with van der Waals surface area (Å²) in [5.74, 6) is -2.35. The number of nitrogens with one attached hydrogen (secondary N) is 2. The van der Waals surface area contributed by atoms with E-state index < -0.39 is 29.4 Å². The molecular weight excluding hydrogens is 293 g/mol. The first-order valence-electron chi connectivity index (χ1n) is 6.65. The quantitative estimate of drug-likeness (QED) is 0.900. The van der Waals surface area contributed by atoms with Gasteiger partial charge in [-0.1, -0.05) is 6.07 Å². The van der Waals surface area contributed by atoms with Crippen molar-refractivity contribution in [2.24, 2.45) is 0 Å². The maximum absolute atomic E-state index is 13.5. The highest BCUT2D eigenvalue weighted by Crippen LogP contribution is 2.17.